The van der Waals surface area contributed by atoms with Gasteiger partial charge in [-0.15, -0.1) is 0 Å². The van der Waals surface area contributed by atoms with Crippen molar-refractivity contribution in [1.29, 1.82) is 0 Å². The Labute approximate surface area is 88.9 Å². The van der Waals surface area contributed by atoms with Crippen molar-refractivity contribution in [3.63, 3.8) is 0 Å². The van der Waals surface area contributed by atoms with Crippen LogP contribution in [-0.2, 0) is 4.74 Å². The molecule has 0 aliphatic heterocycles. The minimum absolute atomic E-state index is 0.0553. The third-order valence-corrected chi connectivity index (χ3v) is 1.87. The molecule has 1 aromatic carbocycles. The maximum absolute atomic E-state index is 11.5. The molecule has 1 aromatic rings. The molecular weight excluding hydrogens is 194 g/mol. The molecule has 0 amide bonds. The molecule has 4 nitrogen and oxygen atoms in total. The van der Waals surface area contributed by atoms with Gasteiger partial charge in [0.15, 0.2) is 0 Å². The molecule has 0 radical (unpaired) electrons. The number of benzene rings is 1. The lowest BCUT2D eigenvalue weighted by Crippen LogP contribution is -2.09. The number of anilines is 1. The Kier molecular flexibility index (Phi) is 3.97. The zero-order valence-electron chi connectivity index (χ0n) is 8.91. The van der Waals surface area contributed by atoms with Crippen molar-refractivity contribution in [3.8, 4) is 5.75 Å². The van der Waals surface area contributed by atoms with E-state index in [9.17, 15) is 9.90 Å². The zero-order chi connectivity index (χ0) is 11.3. The summed E-state index contributed by atoms with van der Waals surface area (Å²) in [6.45, 7) is 4.70. The molecule has 0 aromatic heterocycles. The van der Waals surface area contributed by atoms with Crippen molar-refractivity contribution in [2.24, 2.45) is 0 Å². The minimum atomic E-state index is -0.427. The second-order valence-corrected chi connectivity index (χ2v) is 2.98. The number of hydrogen-bond donors (Lipinski definition) is 2. The summed E-state index contributed by atoms with van der Waals surface area (Å²) in [7, 11) is 0. The van der Waals surface area contributed by atoms with Crippen LogP contribution in [0.25, 0.3) is 0 Å². The highest BCUT2D eigenvalue weighted by atomic mass is 16.5. The van der Waals surface area contributed by atoms with Crippen molar-refractivity contribution < 1.29 is 14.6 Å². The molecule has 0 fully saturated rings. The molecule has 0 unspecified atom stereocenters. The quantitative estimate of drug-likeness (QED) is 0.588. The van der Waals surface area contributed by atoms with E-state index in [0.717, 1.165) is 0 Å². The summed E-state index contributed by atoms with van der Waals surface area (Å²) >= 11 is 0. The van der Waals surface area contributed by atoms with Crippen LogP contribution >= 0.6 is 0 Å². The SMILES string of the molecule is CCNc1ccc(O)cc1C(=O)OCC. The number of ether oxygens (including phenoxy) is 1. The van der Waals surface area contributed by atoms with Gasteiger partial charge in [0.1, 0.15) is 5.75 Å². The van der Waals surface area contributed by atoms with Crippen molar-refractivity contribution in [3.05, 3.63) is 23.8 Å². The van der Waals surface area contributed by atoms with Gasteiger partial charge in [-0.25, -0.2) is 4.79 Å². The molecule has 4 heteroatoms. The number of hydrogen-bond acceptors (Lipinski definition) is 4. The van der Waals surface area contributed by atoms with Crippen LogP contribution in [0.2, 0.25) is 0 Å². The van der Waals surface area contributed by atoms with Crippen LogP contribution in [-0.4, -0.2) is 24.2 Å². The predicted molar refractivity (Wildman–Crippen MR) is 58.2 cm³/mol. The number of carbonyl (C=O) groups excluding carboxylic acids is 1. The van der Waals surface area contributed by atoms with Gasteiger partial charge >= 0.3 is 5.97 Å². The Balaban J connectivity index is 3.00. The van der Waals surface area contributed by atoms with Crippen LogP contribution in [0.5, 0.6) is 5.75 Å². The first kappa shape index (κ1) is 11.4. The van der Waals surface area contributed by atoms with Crippen LogP contribution < -0.4 is 5.32 Å². The lowest BCUT2D eigenvalue weighted by molar-refractivity contribution is 0.0527. The molecule has 0 saturated carbocycles. The first-order chi connectivity index (χ1) is 7.19. The van der Waals surface area contributed by atoms with Gasteiger partial charge in [-0.2, -0.15) is 0 Å². The summed E-state index contributed by atoms with van der Waals surface area (Å²) < 4.78 is 4.88. The van der Waals surface area contributed by atoms with Gasteiger partial charge in [0, 0.05) is 12.2 Å². The Morgan fingerprint density at radius 3 is 2.80 bits per heavy atom. The average Bonchev–Trinajstić information content (AvgIpc) is 2.21. The summed E-state index contributed by atoms with van der Waals surface area (Å²) in [5, 5.41) is 12.3. The smallest absolute Gasteiger partial charge is 0.340 e. The molecule has 2 N–H and O–H groups in total. The standard InChI is InChI=1S/C11H15NO3/c1-3-12-10-6-5-8(13)7-9(10)11(14)15-4-2/h5-7,12-13H,3-4H2,1-2H3. The second kappa shape index (κ2) is 5.24. The number of aromatic hydroxyl groups is 1. The highest BCUT2D eigenvalue weighted by Crippen LogP contribution is 2.21. The van der Waals surface area contributed by atoms with E-state index in [1.807, 2.05) is 6.92 Å². The third-order valence-electron chi connectivity index (χ3n) is 1.87. The van der Waals surface area contributed by atoms with Crippen LogP contribution in [0.1, 0.15) is 24.2 Å². The van der Waals surface area contributed by atoms with Crippen LogP contribution in [0.3, 0.4) is 0 Å². The molecule has 1 rings (SSSR count). The van der Waals surface area contributed by atoms with Crippen molar-refractivity contribution in [2.45, 2.75) is 13.8 Å². The fourth-order valence-electron chi connectivity index (χ4n) is 1.25. The van der Waals surface area contributed by atoms with E-state index in [4.69, 9.17) is 4.74 Å². The molecule has 0 heterocycles. The van der Waals surface area contributed by atoms with Gasteiger partial charge in [0.05, 0.1) is 12.2 Å². The lowest BCUT2D eigenvalue weighted by Gasteiger charge is -2.09. The number of phenolic OH excluding ortho intramolecular Hbond substituents is 1. The Bertz CT molecular complexity index is 350. The van der Waals surface area contributed by atoms with Crippen molar-refractivity contribution in [1.82, 2.24) is 0 Å². The number of esters is 1. The lowest BCUT2D eigenvalue weighted by atomic mass is 10.1. The number of nitrogens with one attached hydrogen (secondary N) is 1. The van der Waals surface area contributed by atoms with E-state index in [1.54, 1.807) is 13.0 Å². The summed E-state index contributed by atoms with van der Waals surface area (Å²) in [5.41, 5.74) is 1.03. The third kappa shape index (κ3) is 2.87. The monoisotopic (exact) mass is 209 g/mol. The van der Waals surface area contributed by atoms with Gasteiger partial charge in [0.25, 0.3) is 0 Å². The van der Waals surface area contributed by atoms with Crippen LogP contribution in [0, 0.1) is 0 Å². The van der Waals surface area contributed by atoms with E-state index >= 15 is 0 Å². The highest BCUT2D eigenvalue weighted by molar-refractivity contribution is 5.96. The molecule has 0 atom stereocenters. The average molecular weight is 209 g/mol. The summed E-state index contributed by atoms with van der Waals surface area (Å²) in [6.07, 6.45) is 0. The molecule has 0 aliphatic carbocycles. The Morgan fingerprint density at radius 2 is 2.20 bits per heavy atom. The molecular formula is C11H15NO3. The molecule has 15 heavy (non-hydrogen) atoms. The topological polar surface area (TPSA) is 58.6 Å². The number of carbonyl (C=O) groups is 1. The van der Waals surface area contributed by atoms with Gasteiger partial charge in [-0.3, -0.25) is 0 Å². The first-order valence-electron chi connectivity index (χ1n) is 4.93. The number of phenols is 1. The summed E-state index contributed by atoms with van der Waals surface area (Å²) in [6, 6.07) is 4.59. The first-order valence-corrected chi connectivity index (χ1v) is 4.93. The summed E-state index contributed by atoms with van der Waals surface area (Å²) in [4.78, 5) is 11.5. The van der Waals surface area contributed by atoms with Gasteiger partial charge in [-0.05, 0) is 32.0 Å². The second-order valence-electron chi connectivity index (χ2n) is 2.98. The zero-order valence-corrected chi connectivity index (χ0v) is 8.91. The van der Waals surface area contributed by atoms with Gasteiger partial charge in [-0.1, -0.05) is 0 Å². The van der Waals surface area contributed by atoms with E-state index in [-0.39, 0.29) is 5.75 Å². The van der Waals surface area contributed by atoms with E-state index in [0.29, 0.717) is 24.4 Å². The fraction of sp³-hybridized carbons (Fsp3) is 0.364. The Morgan fingerprint density at radius 1 is 1.47 bits per heavy atom. The molecule has 0 aliphatic rings. The molecule has 0 spiro atoms. The van der Waals surface area contributed by atoms with Crippen LogP contribution in [0.4, 0.5) is 5.69 Å². The van der Waals surface area contributed by atoms with Crippen molar-refractivity contribution >= 4 is 11.7 Å². The van der Waals surface area contributed by atoms with E-state index < -0.39 is 5.97 Å². The van der Waals surface area contributed by atoms with E-state index in [1.165, 1.54) is 12.1 Å². The van der Waals surface area contributed by atoms with Gasteiger partial charge < -0.3 is 15.2 Å². The van der Waals surface area contributed by atoms with Crippen LogP contribution in [0.15, 0.2) is 18.2 Å². The highest BCUT2D eigenvalue weighted by Gasteiger charge is 2.12. The molecule has 0 bridgehead atoms. The van der Waals surface area contributed by atoms with Crippen molar-refractivity contribution in [2.75, 3.05) is 18.5 Å². The number of rotatable bonds is 4. The summed E-state index contributed by atoms with van der Waals surface area (Å²) in [5.74, 6) is -0.371. The maximum Gasteiger partial charge on any atom is 0.340 e. The normalized spacial score (nSPS) is 9.73. The Hall–Kier alpha value is -1.71. The largest absolute Gasteiger partial charge is 0.508 e. The predicted octanol–water partition coefficient (Wildman–Crippen LogP) is 2.00. The van der Waals surface area contributed by atoms with Gasteiger partial charge in [0.2, 0.25) is 0 Å². The molecule has 0 saturated heterocycles. The molecule has 82 valence electrons. The fourth-order valence-corrected chi connectivity index (χ4v) is 1.25. The van der Waals surface area contributed by atoms with E-state index in [2.05, 4.69) is 5.32 Å². The maximum atomic E-state index is 11.5. The minimum Gasteiger partial charge on any atom is -0.508 e.